The Morgan fingerprint density at radius 2 is 1.97 bits per heavy atom. The molecule has 6 nitrogen and oxygen atoms in total. The number of halogens is 1. The molecule has 1 aromatic heterocycles. The van der Waals surface area contributed by atoms with Crippen molar-refractivity contribution < 1.29 is 18.7 Å². The van der Waals surface area contributed by atoms with Crippen molar-refractivity contribution in [1.82, 2.24) is 15.2 Å². The second kappa shape index (κ2) is 11.0. The van der Waals surface area contributed by atoms with Crippen LogP contribution in [0.4, 0.5) is 4.39 Å². The van der Waals surface area contributed by atoms with Gasteiger partial charge in [-0.15, -0.1) is 11.3 Å². The molecule has 8 heteroatoms. The van der Waals surface area contributed by atoms with Gasteiger partial charge < -0.3 is 15.0 Å². The molecule has 2 amide bonds. The number of carbonyl (C=O) groups excluding carboxylic acids is 2. The van der Waals surface area contributed by atoms with Gasteiger partial charge in [-0.1, -0.05) is 24.3 Å². The molecule has 0 unspecified atom stereocenters. The molecule has 2 heterocycles. The van der Waals surface area contributed by atoms with Crippen LogP contribution in [0.3, 0.4) is 0 Å². The van der Waals surface area contributed by atoms with Crippen LogP contribution in [-0.4, -0.2) is 41.3 Å². The maximum atomic E-state index is 13.7. The first-order chi connectivity index (χ1) is 16.1. The number of nitrogens with zero attached hydrogens (tertiary/aromatic N) is 2. The molecule has 0 aliphatic carbocycles. The highest BCUT2D eigenvalue weighted by Gasteiger charge is 2.27. The summed E-state index contributed by atoms with van der Waals surface area (Å²) in [6.07, 6.45) is 1.67. The van der Waals surface area contributed by atoms with Crippen LogP contribution in [0.1, 0.15) is 34.5 Å². The molecule has 4 rings (SSSR count). The molecule has 1 fully saturated rings. The minimum Gasteiger partial charge on any atom is -0.487 e. The van der Waals surface area contributed by atoms with E-state index in [-0.39, 0.29) is 23.5 Å². The van der Waals surface area contributed by atoms with Crippen molar-refractivity contribution in [3.05, 3.63) is 82.1 Å². The molecular formula is C25H26FN3O3S. The second-order valence-electron chi connectivity index (χ2n) is 8.00. The van der Waals surface area contributed by atoms with Crippen molar-refractivity contribution >= 4 is 23.2 Å². The molecule has 0 atom stereocenters. The van der Waals surface area contributed by atoms with Gasteiger partial charge in [0.25, 0.3) is 5.91 Å². The predicted octanol–water partition coefficient (Wildman–Crippen LogP) is 4.07. The first-order valence-electron chi connectivity index (χ1n) is 11.0. The molecule has 0 saturated carbocycles. The van der Waals surface area contributed by atoms with Gasteiger partial charge >= 0.3 is 0 Å². The molecule has 1 aliphatic heterocycles. The van der Waals surface area contributed by atoms with Gasteiger partial charge in [0, 0.05) is 36.5 Å². The molecule has 1 N–H and O–H groups in total. The van der Waals surface area contributed by atoms with Gasteiger partial charge in [0.05, 0.1) is 11.2 Å². The fourth-order valence-corrected chi connectivity index (χ4v) is 4.42. The summed E-state index contributed by atoms with van der Waals surface area (Å²) >= 11 is 1.51. The van der Waals surface area contributed by atoms with E-state index in [0.29, 0.717) is 62.4 Å². The summed E-state index contributed by atoms with van der Waals surface area (Å²) in [5.41, 5.74) is 3.77. The van der Waals surface area contributed by atoms with Gasteiger partial charge in [-0.25, -0.2) is 9.37 Å². The number of piperidine rings is 1. The fraction of sp³-hybridized carbons (Fsp3) is 0.320. The number of rotatable bonds is 8. The zero-order valence-electron chi connectivity index (χ0n) is 18.2. The fourth-order valence-electron chi connectivity index (χ4n) is 3.88. The Kier molecular flexibility index (Phi) is 7.67. The second-order valence-corrected chi connectivity index (χ2v) is 8.71. The Morgan fingerprint density at radius 1 is 1.15 bits per heavy atom. The van der Waals surface area contributed by atoms with Crippen molar-refractivity contribution in [2.75, 3.05) is 19.6 Å². The lowest BCUT2D eigenvalue weighted by Gasteiger charge is -2.31. The van der Waals surface area contributed by atoms with Gasteiger partial charge in [0.2, 0.25) is 5.91 Å². The molecule has 0 spiro atoms. The molecule has 1 saturated heterocycles. The van der Waals surface area contributed by atoms with E-state index in [2.05, 4.69) is 10.3 Å². The summed E-state index contributed by atoms with van der Waals surface area (Å²) < 4.78 is 19.5. The molecule has 172 valence electrons. The maximum absolute atomic E-state index is 13.7. The molecule has 3 aromatic rings. The minimum absolute atomic E-state index is 0.0316. The highest BCUT2D eigenvalue weighted by Crippen LogP contribution is 2.22. The molecule has 2 aromatic carbocycles. The Bertz CT molecular complexity index is 1080. The van der Waals surface area contributed by atoms with Gasteiger partial charge in [-0.05, 0) is 49.1 Å². The van der Waals surface area contributed by atoms with E-state index < -0.39 is 0 Å². The lowest BCUT2D eigenvalue weighted by Crippen LogP contribution is -2.43. The number of carbonyl (C=O) groups is 2. The molecule has 1 aliphatic rings. The summed E-state index contributed by atoms with van der Waals surface area (Å²) in [4.78, 5) is 31.4. The number of hydrogen-bond acceptors (Lipinski definition) is 5. The molecular weight excluding hydrogens is 441 g/mol. The van der Waals surface area contributed by atoms with Crippen molar-refractivity contribution in [1.29, 1.82) is 0 Å². The lowest BCUT2D eigenvalue weighted by atomic mass is 9.95. The van der Waals surface area contributed by atoms with Crippen molar-refractivity contribution in [2.45, 2.75) is 25.9 Å². The molecule has 0 bridgehead atoms. The van der Waals surface area contributed by atoms with E-state index in [4.69, 9.17) is 4.74 Å². The number of nitrogens with one attached hydrogen (secondary N) is 1. The van der Waals surface area contributed by atoms with Crippen LogP contribution in [0, 0.1) is 11.7 Å². The van der Waals surface area contributed by atoms with E-state index >= 15 is 0 Å². The number of thiazole rings is 1. The summed E-state index contributed by atoms with van der Waals surface area (Å²) in [6, 6.07) is 13.7. The third kappa shape index (κ3) is 6.16. The SMILES string of the molecule is O=C(NCCc1ccccc1F)C1CCN(C(=O)c2cccc(OCc3cscn3)c2)CC1. The van der Waals surface area contributed by atoms with Gasteiger partial charge in [-0.3, -0.25) is 9.59 Å². The van der Waals surface area contributed by atoms with Crippen LogP contribution in [-0.2, 0) is 17.8 Å². The highest BCUT2D eigenvalue weighted by atomic mass is 32.1. The third-order valence-corrected chi connectivity index (χ3v) is 6.39. The highest BCUT2D eigenvalue weighted by molar-refractivity contribution is 7.07. The Balaban J connectivity index is 1.23. The zero-order valence-corrected chi connectivity index (χ0v) is 19.0. The number of benzene rings is 2. The van der Waals surface area contributed by atoms with Crippen LogP contribution >= 0.6 is 11.3 Å². The number of likely N-dealkylation sites (tertiary alicyclic amines) is 1. The first kappa shape index (κ1) is 22.9. The van der Waals surface area contributed by atoms with Crippen LogP contribution < -0.4 is 10.1 Å². The maximum Gasteiger partial charge on any atom is 0.253 e. The standard InChI is InChI=1S/C25H26FN3O3S/c26-23-7-2-1-4-18(23)8-11-27-24(30)19-9-12-29(13-10-19)25(31)20-5-3-6-22(14-20)32-15-21-16-33-17-28-21/h1-7,14,16-17,19H,8-13,15H2,(H,27,30). The largest absolute Gasteiger partial charge is 0.487 e. The number of hydrogen-bond donors (Lipinski definition) is 1. The average molecular weight is 468 g/mol. The summed E-state index contributed by atoms with van der Waals surface area (Å²) in [7, 11) is 0. The minimum atomic E-state index is -0.254. The first-order valence-corrected chi connectivity index (χ1v) is 11.9. The Morgan fingerprint density at radius 3 is 2.73 bits per heavy atom. The quantitative estimate of drug-likeness (QED) is 0.542. The third-order valence-electron chi connectivity index (χ3n) is 5.76. The molecule has 0 radical (unpaired) electrons. The molecule has 33 heavy (non-hydrogen) atoms. The summed E-state index contributed by atoms with van der Waals surface area (Å²) in [5.74, 6) is 0.139. The smallest absolute Gasteiger partial charge is 0.253 e. The predicted molar refractivity (Wildman–Crippen MR) is 125 cm³/mol. The van der Waals surface area contributed by atoms with E-state index in [0.717, 1.165) is 5.69 Å². The van der Waals surface area contributed by atoms with Crippen LogP contribution in [0.5, 0.6) is 5.75 Å². The summed E-state index contributed by atoms with van der Waals surface area (Å²) in [5, 5.41) is 4.83. The van der Waals surface area contributed by atoms with Crippen molar-refractivity contribution in [2.24, 2.45) is 5.92 Å². The van der Waals surface area contributed by atoms with E-state index in [1.165, 1.54) is 17.4 Å². The number of ether oxygens (including phenoxy) is 1. The average Bonchev–Trinajstić information content (AvgIpc) is 3.37. The Labute approximate surface area is 196 Å². The summed E-state index contributed by atoms with van der Waals surface area (Å²) in [6.45, 7) is 1.80. The number of aromatic nitrogens is 1. The van der Waals surface area contributed by atoms with Crippen LogP contribution in [0.2, 0.25) is 0 Å². The number of amides is 2. The normalized spacial score (nSPS) is 14.2. The topological polar surface area (TPSA) is 71.5 Å². The van der Waals surface area contributed by atoms with Gasteiger partial charge in [0.15, 0.2) is 0 Å². The monoisotopic (exact) mass is 467 g/mol. The van der Waals surface area contributed by atoms with Gasteiger partial charge in [0.1, 0.15) is 18.2 Å². The van der Waals surface area contributed by atoms with E-state index in [9.17, 15) is 14.0 Å². The van der Waals surface area contributed by atoms with Gasteiger partial charge in [-0.2, -0.15) is 0 Å². The lowest BCUT2D eigenvalue weighted by molar-refractivity contribution is -0.126. The zero-order chi connectivity index (χ0) is 23.0. The van der Waals surface area contributed by atoms with Crippen molar-refractivity contribution in [3.63, 3.8) is 0 Å². The van der Waals surface area contributed by atoms with Crippen molar-refractivity contribution in [3.8, 4) is 5.75 Å². The van der Waals surface area contributed by atoms with Crippen LogP contribution in [0.25, 0.3) is 0 Å². The van der Waals surface area contributed by atoms with E-state index in [1.54, 1.807) is 46.8 Å². The van der Waals surface area contributed by atoms with E-state index in [1.807, 2.05) is 11.4 Å². The van der Waals surface area contributed by atoms with Crippen LogP contribution in [0.15, 0.2) is 59.4 Å². The Hall–Kier alpha value is -3.26.